The first kappa shape index (κ1) is 18.9. The highest BCUT2D eigenvalue weighted by Crippen LogP contribution is 2.10. The Balaban J connectivity index is 2.62. The van der Waals surface area contributed by atoms with E-state index in [0.717, 1.165) is 5.56 Å². The van der Waals surface area contributed by atoms with Gasteiger partial charge in [-0.15, -0.1) is 0 Å². The van der Waals surface area contributed by atoms with Gasteiger partial charge in [-0.2, -0.15) is 0 Å². The second kappa shape index (κ2) is 8.51. The van der Waals surface area contributed by atoms with Crippen molar-refractivity contribution in [3.63, 3.8) is 0 Å². The van der Waals surface area contributed by atoms with Gasteiger partial charge in [0.25, 0.3) is 0 Å². The van der Waals surface area contributed by atoms with E-state index in [0.29, 0.717) is 6.42 Å². The van der Waals surface area contributed by atoms with Gasteiger partial charge >= 0.3 is 6.09 Å². The van der Waals surface area contributed by atoms with E-state index in [1.165, 1.54) is 6.08 Å². The molecule has 0 spiro atoms. The highest BCUT2D eigenvalue weighted by molar-refractivity contribution is 5.96. The van der Waals surface area contributed by atoms with Crippen molar-refractivity contribution < 1.29 is 14.3 Å². The molecule has 0 saturated carbocycles. The number of ketones is 1. The van der Waals surface area contributed by atoms with Gasteiger partial charge in [-0.05, 0) is 44.7 Å². The summed E-state index contributed by atoms with van der Waals surface area (Å²) in [4.78, 5) is 24.2. The zero-order valence-corrected chi connectivity index (χ0v) is 14.6. The van der Waals surface area contributed by atoms with Crippen LogP contribution in [-0.4, -0.2) is 23.5 Å². The van der Waals surface area contributed by atoms with E-state index in [-0.39, 0.29) is 11.7 Å². The van der Waals surface area contributed by atoms with Gasteiger partial charge < -0.3 is 10.1 Å². The van der Waals surface area contributed by atoms with Crippen molar-refractivity contribution in [2.75, 3.05) is 0 Å². The van der Waals surface area contributed by atoms with Crippen molar-refractivity contribution in [3.8, 4) is 0 Å². The van der Waals surface area contributed by atoms with Gasteiger partial charge in [-0.25, -0.2) is 4.79 Å². The standard InChI is InChI=1S/C19H27NO3/c1-14(2)17(20-18(22)23-19(3,4)5)16(21)13-9-12-15-10-7-6-8-11-15/h6-11,13-14,17H,12H2,1-5H3,(H,20,22)/b13-9+/t17-/m0/s1. The van der Waals surface area contributed by atoms with E-state index in [2.05, 4.69) is 5.32 Å². The summed E-state index contributed by atoms with van der Waals surface area (Å²) in [6, 6.07) is 9.31. The lowest BCUT2D eigenvalue weighted by Gasteiger charge is -2.24. The van der Waals surface area contributed by atoms with Gasteiger partial charge in [0.15, 0.2) is 5.78 Å². The molecule has 0 heterocycles. The summed E-state index contributed by atoms with van der Waals surface area (Å²) >= 11 is 0. The smallest absolute Gasteiger partial charge is 0.408 e. The van der Waals surface area contributed by atoms with Crippen LogP contribution in [0.1, 0.15) is 40.2 Å². The van der Waals surface area contributed by atoms with Crippen molar-refractivity contribution >= 4 is 11.9 Å². The quantitative estimate of drug-likeness (QED) is 0.810. The van der Waals surface area contributed by atoms with Crippen LogP contribution in [0.3, 0.4) is 0 Å². The molecule has 1 atom stereocenters. The van der Waals surface area contributed by atoms with E-state index in [1.54, 1.807) is 20.8 Å². The predicted molar refractivity (Wildman–Crippen MR) is 92.3 cm³/mol. The molecule has 0 aliphatic rings. The highest BCUT2D eigenvalue weighted by Gasteiger charge is 2.25. The molecule has 0 unspecified atom stereocenters. The lowest BCUT2D eigenvalue weighted by Crippen LogP contribution is -2.45. The largest absolute Gasteiger partial charge is 0.444 e. The Morgan fingerprint density at radius 2 is 1.78 bits per heavy atom. The van der Waals surface area contributed by atoms with Crippen LogP contribution in [0.5, 0.6) is 0 Å². The lowest BCUT2D eigenvalue weighted by atomic mass is 9.99. The Morgan fingerprint density at radius 3 is 2.30 bits per heavy atom. The van der Waals surface area contributed by atoms with Crippen molar-refractivity contribution in [2.45, 2.75) is 52.7 Å². The number of hydrogen-bond acceptors (Lipinski definition) is 3. The van der Waals surface area contributed by atoms with Crippen LogP contribution in [0, 0.1) is 5.92 Å². The second-order valence-corrected chi connectivity index (χ2v) is 6.86. The van der Waals surface area contributed by atoms with Crippen LogP contribution in [0.4, 0.5) is 4.79 Å². The molecule has 23 heavy (non-hydrogen) atoms. The Bertz CT molecular complexity index is 541. The number of rotatable bonds is 6. The third kappa shape index (κ3) is 7.63. The molecule has 0 radical (unpaired) electrons. The first-order valence-electron chi connectivity index (χ1n) is 7.93. The van der Waals surface area contributed by atoms with Gasteiger partial charge in [-0.3, -0.25) is 4.79 Å². The molecular weight excluding hydrogens is 290 g/mol. The maximum Gasteiger partial charge on any atom is 0.408 e. The molecule has 4 nitrogen and oxygen atoms in total. The summed E-state index contributed by atoms with van der Waals surface area (Å²) in [5, 5.41) is 2.66. The average molecular weight is 317 g/mol. The molecule has 1 N–H and O–H groups in total. The minimum absolute atomic E-state index is 0.0172. The Kier molecular flexibility index (Phi) is 7.01. The maximum absolute atomic E-state index is 12.3. The Morgan fingerprint density at radius 1 is 1.17 bits per heavy atom. The van der Waals surface area contributed by atoms with E-state index in [1.807, 2.05) is 50.3 Å². The van der Waals surface area contributed by atoms with Crippen LogP contribution in [0.25, 0.3) is 0 Å². The number of alkyl carbamates (subject to hydrolysis) is 1. The molecule has 1 aromatic carbocycles. The van der Waals surface area contributed by atoms with Gasteiger partial charge in [0.2, 0.25) is 0 Å². The molecule has 0 aliphatic heterocycles. The summed E-state index contributed by atoms with van der Waals surface area (Å²) in [7, 11) is 0. The molecule has 4 heteroatoms. The summed E-state index contributed by atoms with van der Waals surface area (Å²) in [6.45, 7) is 9.16. The van der Waals surface area contributed by atoms with Crippen molar-refractivity contribution in [3.05, 3.63) is 48.0 Å². The number of carbonyl (C=O) groups is 2. The zero-order chi connectivity index (χ0) is 17.5. The Hall–Kier alpha value is -2.10. The van der Waals surface area contributed by atoms with Crippen LogP contribution in [-0.2, 0) is 16.0 Å². The summed E-state index contributed by atoms with van der Waals surface area (Å²) in [5.74, 6) is -0.141. The average Bonchev–Trinajstić information content (AvgIpc) is 2.43. The molecule has 0 saturated heterocycles. The highest BCUT2D eigenvalue weighted by atomic mass is 16.6. The molecule has 1 amide bonds. The normalized spacial score (nSPS) is 13.1. The molecule has 0 bridgehead atoms. The molecule has 1 rings (SSSR count). The number of ether oxygens (including phenoxy) is 1. The van der Waals surface area contributed by atoms with Gasteiger partial charge in [0, 0.05) is 0 Å². The fourth-order valence-corrected chi connectivity index (χ4v) is 2.03. The summed E-state index contributed by atoms with van der Waals surface area (Å²) in [6.07, 6.45) is 3.48. The fraction of sp³-hybridized carbons (Fsp3) is 0.474. The third-order valence-electron chi connectivity index (χ3n) is 3.12. The molecular formula is C19H27NO3. The SMILES string of the molecule is CC(C)[C@H](NC(=O)OC(C)(C)C)C(=O)/C=C/Cc1ccccc1. The van der Waals surface area contributed by atoms with E-state index >= 15 is 0 Å². The summed E-state index contributed by atoms with van der Waals surface area (Å²) < 4.78 is 5.22. The first-order valence-corrected chi connectivity index (χ1v) is 7.93. The number of hydrogen-bond donors (Lipinski definition) is 1. The first-order chi connectivity index (χ1) is 10.7. The number of carbonyl (C=O) groups excluding carboxylic acids is 2. The fourth-order valence-electron chi connectivity index (χ4n) is 2.03. The van der Waals surface area contributed by atoms with Gasteiger partial charge in [0.05, 0.1) is 6.04 Å². The zero-order valence-electron chi connectivity index (χ0n) is 14.6. The van der Waals surface area contributed by atoms with E-state index in [9.17, 15) is 9.59 Å². The third-order valence-corrected chi connectivity index (χ3v) is 3.12. The van der Waals surface area contributed by atoms with E-state index < -0.39 is 17.7 Å². The van der Waals surface area contributed by atoms with Crippen LogP contribution in [0.2, 0.25) is 0 Å². The number of amides is 1. The van der Waals surface area contributed by atoms with Crippen molar-refractivity contribution in [1.29, 1.82) is 0 Å². The van der Waals surface area contributed by atoms with E-state index in [4.69, 9.17) is 4.74 Å². The number of benzene rings is 1. The molecule has 126 valence electrons. The molecule has 0 aromatic heterocycles. The molecule has 1 aromatic rings. The van der Waals surface area contributed by atoms with Gasteiger partial charge in [-0.1, -0.05) is 50.3 Å². The Labute approximate surface area is 138 Å². The molecule has 0 fully saturated rings. The minimum atomic E-state index is -0.586. The number of nitrogens with one attached hydrogen (secondary N) is 1. The second-order valence-electron chi connectivity index (χ2n) is 6.86. The van der Waals surface area contributed by atoms with Crippen molar-refractivity contribution in [2.24, 2.45) is 5.92 Å². The van der Waals surface area contributed by atoms with Crippen LogP contribution in [0.15, 0.2) is 42.5 Å². The van der Waals surface area contributed by atoms with Gasteiger partial charge in [0.1, 0.15) is 5.60 Å². The predicted octanol–water partition coefficient (Wildman–Crippen LogP) is 3.90. The van der Waals surface area contributed by atoms with Crippen molar-refractivity contribution in [1.82, 2.24) is 5.32 Å². The maximum atomic E-state index is 12.3. The molecule has 0 aliphatic carbocycles. The summed E-state index contributed by atoms with van der Waals surface area (Å²) in [5.41, 5.74) is 0.551. The topological polar surface area (TPSA) is 55.4 Å². The number of allylic oxidation sites excluding steroid dienone is 1. The van der Waals surface area contributed by atoms with Crippen LogP contribution < -0.4 is 5.32 Å². The minimum Gasteiger partial charge on any atom is -0.444 e. The van der Waals surface area contributed by atoms with Crippen LogP contribution >= 0.6 is 0 Å². The lowest BCUT2D eigenvalue weighted by molar-refractivity contribution is -0.117. The monoisotopic (exact) mass is 317 g/mol.